The van der Waals surface area contributed by atoms with Crippen molar-refractivity contribution >= 4 is 0 Å². The van der Waals surface area contributed by atoms with E-state index in [4.69, 9.17) is 23.7 Å². The van der Waals surface area contributed by atoms with Crippen LogP contribution in [0.1, 0.15) is 49.3 Å². The molecule has 0 radical (unpaired) electrons. The predicted molar refractivity (Wildman–Crippen MR) is 154 cm³/mol. The van der Waals surface area contributed by atoms with Gasteiger partial charge in [0.15, 0.2) is 6.29 Å². The van der Waals surface area contributed by atoms with Gasteiger partial charge in [-0.05, 0) is 29.5 Å². The van der Waals surface area contributed by atoms with Gasteiger partial charge in [-0.1, -0.05) is 123 Å². The Morgan fingerprint density at radius 2 is 1.13 bits per heavy atom. The summed E-state index contributed by atoms with van der Waals surface area (Å²) in [5.41, 5.74) is 3.28. The molecule has 39 heavy (non-hydrogen) atoms. The van der Waals surface area contributed by atoms with E-state index in [1.54, 1.807) is 7.11 Å². The number of methoxy groups -OCH3 is 1. The third kappa shape index (κ3) is 9.13. The first-order valence-electron chi connectivity index (χ1n) is 14.1. The van der Waals surface area contributed by atoms with E-state index in [9.17, 15) is 0 Å². The number of unbranched alkanes of at least 4 members (excludes halogenated alkanes) is 2. The SMILES string of the molecule is CCCC/C=C/C[C@H]1O[C@H](OC)[C@@H](OCc2ccccc2)[C@@H](OCc2ccccc2)[C@@H]1OCc1ccccc1. The maximum absolute atomic E-state index is 6.64. The van der Waals surface area contributed by atoms with Gasteiger partial charge in [0.05, 0.1) is 25.9 Å². The molecular weight excluding hydrogens is 488 g/mol. The summed E-state index contributed by atoms with van der Waals surface area (Å²) in [6, 6.07) is 30.6. The van der Waals surface area contributed by atoms with Crippen LogP contribution >= 0.6 is 0 Å². The average Bonchev–Trinajstić information content (AvgIpc) is 2.99. The van der Waals surface area contributed by atoms with Gasteiger partial charge < -0.3 is 23.7 Å². The van der Waals surface area contributed by atoms with Gasteiger partial charge in [0, 0.05) is 7.11 Å². The van der Waals surface area contributed by atoms with Gasteiger partial charge in [-0.25, -0.2) is 0 Å². The Balaban J connectivity index is 1.58. The lowest BCUT2D eigenvalue weighted by atomic mass is 9.95. The van der Waals surface area contributed by atoms with Crippen LogP contribution in [0.5, 0.6) is 0 Å². The first kappa shape index (κ1) is 29.2. The number of benzene rings is 3. The molecule has 0 N–H and O–H groups in total. The zero-order chi connectivity index (χ0) is 27.1. The fourth-order valence-corrected chi connectivity index (χ4v) is 4.80. The maximum atomic E-state index is 6.64. The van der Waals surface area contributed by atoms with Gasteiger partial charge >= 0.3 is 0 Å². The van der Waals surface area contributed by atoms with Crippen LogP contribution in [0, 0.1) is 0 Å². The fraction of sp³-hybridized carbons (Fsp3) is 0.412. The van der Waals surface area contributed by atoms with Crippen LogP contribution in [0.25, 0.3) is 0 Å². The van der Waals surface area contributed by atoms with Gasteiger partial charge in [0.25, 0.3) is 0 Å². The molecule has 0 amide bonds. The molecule has 5 atom stereocenters. The molecule has 1 aliphatic heterocycles. The van der Waals surface area contributed by atoms with Crippen molar-refractivity contribution in [2.75, 3.05) is 7.11 Å². The monoisotopic (exact) mass is 530 g/mol. The topological polar surface area (TPSA) is 46.2 Å². The molecule has 3 aromatic carbocycles. The van der Waals surface area contributed by atoms with E-state index in [-0.39, 0.29) is 12.2 Å². The lowest BCUT2D eigenvalue weighted by Crippen LogP contribution is -2.60. The van der Waals surface area contributed by atoms with E-state index in [1.807, 2.05) is 54.6 Å². The Hall–Kier alpha value is -2.80. The zero-order valence-corrected chi connectivity index (χ0v) is 23.2. The second-order valence-electron chi connectivity index (χ2n) is 9.91. The predicted octanol–water partition coefficient (Wildman–Crippen LogP) is 7.25. The molecule has 0 aliphatic carbocycles. The van der Waals surface area contributed by atoms with Crippen molar-refractivity contribution in [3.63, 3.8) is 0 Å². The summed E-state index contributed by atoms with van der Waals surface area (Å²) in [6.07, 6.45) is 6.51. The summed E-state index contributed by atoms with van der Waals surface area (Å²) in [5, 5.41) is 0. The summed E-state index contributed by atoms with van der Waals surface area (Å²) >= 11 is 0. The van der Waals surface area contributed by atoms with Crippen molar-refractivity contribution in [1.29, 1.82) is 0 Å². The molecule has 5 heteroatoms. The number of rotatable bonds is 15. The smallest absolute Gasteiger partial charge is 0.186 e. The van der Waals surface area contributed by atoms with Gasteiger partial charge in [-0.3, -0.25) is 0 Å². The van der Waals surface area contributed by atoms with E-state index < -0.39 is 18.5 Å². The minimum atomic E-state index is -0.583. The van der Waals surface area contributed by atoms with Crippen molar-refractivity contribution in [1.82, 2.24) is 0 Å². The standard InChI is InChI=1S/C34H42O5/c1-3-4-5-6-16-23-30-31(36-24-27-17-10-7-11-18-27)32(37-25-28-19-12-8-13-20-28)33(34(35-2)39-30)38-26-29-21-14-9-15-22-29/h6-22,30-34H,3-5,23-26H2,1-2H3/b16-6+/t30-,31-,32+,33+,34+/m1/s1. The first-order valence-corrected chi connectivity index (χ1v) is 14.1. The Bertz CT molecular complexity index is 1070. The highest BCUT2D eigenvalue weighted by atomic mass is 16.7. The van der Waals surface area contributed by atoms with Crippen molar-refractivity contribution in [3.05, 3.63) is 120 Å². The van der Waals surface area contributed by atoms with E-state index in [0.29, 0.717) is 26.2 Å². The molecule has 208 valence electrons. The lowest BCUT2D eigenvalue weighted by molar-refractivity contribution is -0.317. The molecule has 0 aromatic heterocycles. The molecule has 0 unspecified atom stereocenters. The van der Waals surface area contributed by atoms with Crippen molar-refractivity contribution < 1.29 is 23.7 Å². The van der Waals surface area contributed by atoms with Crippen LogP contribution < -0.4 is 0 Å². The number of ether oxygens (including phenoxy) is 5. The van der Waals surface area contributed by atoms with Crippen molar-refractivity contribution in [3.8, 4) is 0 Å². The highest BCUT2D eigenvalue weighted by Gasteiger charge is 2.48. The van der Waals surface area contributed by atoms with Gasteiger partial charge in [0.1, 0.15) is 18.3 Å². The minimum absolute atomic E-state index is 0.242. The highest BCUT2D eigenvalue weighted by Crippen LogP contribution is 2.32. The number of hydrogen-bond acceptors (Lipinski definition) is 5. The summed E-state index contributed by atoms with van der Waals surface area (Å²) in [6.45, 7) is 3.53. The number of allylic oxidation sites excluding steroid dienone is 1. The molecule has 3 aromatic rings. The van der Waals surface area contributed by atoms with Crippen LogP contribution in [0.15, 0.2) is 103 Å². The second kappa shape index (κ2) is 16.3. The quantitative estimate of drug-likeness (QED) is 0.153. The molecule has 1 heterocycles. The van der Waals surface area contributed by atoms with E-state index in [1.165, 1.54) is 12.8 Å². The molecular formula is C34H42O5. The molecule has 1 saturated heterocycles. The highest BCUT2D eigenvalue weighted by molar-refractivity contribution is 5.16. The summed E-state index contributed by atoms with van der Waals surface area (Å²) in [5.74, 6) is 0. The summed E-state index contributed by atoms with van der Waals surface area (Å²) < 4.78 is 32.1. The van der Waals surface area contributed by atoms with E-state index >= 15 is 0 Å². The summed E-state index contributed by atoms with van der Waals surface area (Å²) in [7, 11) is 1.66. The third-order valence-electron chi connectivity index (χ3n) is 6.94. The van der Waals surface area contributed by atoms with Gasteiger partial charge in [0.2, 0.25) is 0 Å². The van der Waals surface area contributed by atoms with Gasteiger partial charge in [-0.15, -0.1) is 0 Å². The van der Waals surface area contributed by atoms with Crippen LogP contribution in [0.4, 0.5) is 0 Å². The van der Waals surface area contributed by atoms with Gasteiger partial charge in [-0.2, -0.15) is 0 Å². The Morgan fingerprint density at radius 3 is 1.62 bits per heavy atom. The van der Waals surface area contributed by atoms with Crippen LogP contribution in [0.3, 0.4) is 0 Å². The maximum Gasteiger partial charge on any atom is 0.186 e. The third-order valence-corrected chi connectivity index (χ3v) is 6.94. The van der Waals surface area contributed by atoms with E-state index in [2.05, 4.69) is 55.5 Å². The average molecular weight is 531 g/mol. The minimum Gasteiger partial charge on any atom is -0.368 e. The molecule has 4 rings (SSSR count). The lowest BCUT2D eigenvalue weighted by Gasteiger charge is -2.45. The van der Waals surface area contributed by atoms with E-state index in [0.717, 1.165) is 23.1 Å². The second-order valence-corrected chi connectivity index (χ2v) is 9.91. The van der Waals surface area contributed by atoms with Crippen molar-refractivity contribution in [2.24, 2.45) is 0 Å². The van der Waals surface area contributed by atoms with Crippen LogP contribution in [-0.4, -0.2) is 37.8 Å². The molecule has 1 fully saturated rings. The van der Waals surface area contributed by atoms with Crippen molar-refractivity contribution in [2.45, 2.75) is 83.1 Å². The Kier molecular flexibility index (Phi) is 12.2. The summed E-state index contributed by atoms with van der Waals surface area (Å²) in [4.78, 5) is 0. The Labute approximate surface area is 233 Å². The van der Waals surface area contributed by atoms with Crippen LogP contribution in [0.2, 0.25) is 0 Å². The zero-order valence-electron chi connectivity index (χ0n) is 23.2. The normalized spacial score (nSPS) is 23.3. The number of hydrogen-bond donors (Lipinski definition) is 0. The molecule has 0 bridgehead atoms. The fourth-order valence-electron chi connectivity index (χ4n) is 4.80. The molecule has 0 spiro atoms. The first-order chi connectivity index (χ1) is 19.3. The largest absolute Gasteiger partial charge is 0.368 e. The van der Waals surface area contributed by atoms with Crippen LogP contribution in [-0.2, 0) is 43.5 Å². The molecule has 1 aliphatic rings. The Morgan fingerprint density at radius 1 is 0.641 bits per heavy atom. The molecule has 5 nitrogen and oxygen atoms in total. The molecule has 0 saturated carbocycles.